The first kappa shape index (κ1) is 17.6. The predicted molar refractivity (Wildman–Crippen MR) is 93.1 cm³/mol. The van der Waals surface area contributed by atoms with Crippen LogP contribution >= 0.6 is 23.2 Å². The lowest BCUT2D eigenvalue weighted by Gasteiger charge is -2.31. The van der Waals surface area contributed by atoms with Crippen LogP contribution in [0.15, 0.2) is 18.2 Å². The number of nitrogens with zero attached hydrogens (tertiary/aromatic N) is 1. The maximum absolute atomic E-state index is 12.9. The summed E-state index contributed by atoms with van der Waals surface area (Å²) in [5, 5.41) is 10.1. The maximum Gasteiger partial charge on any atom is 0.306 e. The summed E-state index contributed by atoms with van der Waals surface area (Å²) in [7, 11) is 0. The topological polar surface area (TPSA) is 57.6 Å². The molecule has 1 aromatic carbocycles. The highest BCUT2D eigenvalue weighted by molar-refractivity contribution is 6.42. The van der Waals surface area contributed by atoms with Crippen molar-refractivity contribution >= 4 is 35.1 Å². The molecule has 2 saturated carbocycles. The van der Waals surface area contributed by atoms with Gasteiger partial charge in [-0.05, 0) is 56.2 Å². The van der Waals surface area contributed by atoms with E-state index in [1.807, 2.05) is 17.0 Å². The molecule has 130 valence electrons. The molecule has 1 aromatic rings. The Hall–Kier alpha value is -1.26. The smallest absolute Gasteiger partial charge is 0.306 e. The summed E-state index contributed by atoms with van der Waals surface area (Å²) >= 11 is 12.0. The number of rotatable bonds is 5. The first-order chi connectivity index (χ1) is 11.5. The number of hydrogen-bond donors (Lipinski definition) is 1. The summed E-state index contributed by atoms with van der Waals surface area (Å²) in [4.78, 5) is 25.9. The fourth-order valence-electron chi connectivity index (χ4n) is 3.43. The molecule has 0 aliphatic heterocycles. The zero-order valence-electron chi connectivity index (χ0n) is 13.4. The Morgan fingerprint density at radius 2 is 1.62 bits per heavy atom. The molecule has 2 aliphatic carbocycles. The van der Waals surface area contributed by atoms with Gasteiger partial charge in [-0.15, -0.1) is 0 Å². The van der Waals surface area contributed by atoms with E-state index in [0.29, 0.717) is 48.3 Å². The van der Waals surface area contributed by atoms with Gasteiger partial charge in [0.2, 0.25) is 5.91 Å². The number of benzene rings is 1. The van der Waals surface area contributed by atoms with Crippen LogP contribution in [0.1, 0.15) is 44.1 Å². The van der Waals surface area contributed by atoms with E-state index in [2.05, 4.69) is 0 Å². The standard InChI is InChI=1S/C18H21Cl2NO3/c19-15-8-1-11(9-16(15)20)10-21(14-6-7-14)17(22)12-2-4-13(5-3-12)18(23)24/h1,8-9,12-14H,2-7,10H2,(H,23,24). The van der Waals surface area contributed by atoms with Crippen LogP contribution in [0, 0.1) is 11.8 Å². The van der Waals surface area contributed by atoms with Crippen LogP contribution in [0.5, 0.6) is 0 Å². The number of amides is 1. The molecule has 1 N–H and O–H groups in total. The van der Waals surface area contributed by atoms with Gasteiger partial charge in [0.05, 0.1) is 16.0 Å². The Bertz CT molecular complexity index is 637. The molecule has 0 saturated heterocycles. The van der Waals surface area contributed by atoms with E-state index in [4.69, 9.17) is 28.3 Å². The van der Waals surface area contributed by atoms with Crippen molar-refractivity contribution in [2.45, 2.75) is 51.1 Å². The van der Waals surface area contributed by atoms with E-state index in [1.54, 1.807) is 6.07 Å². The van der Waals surface area contributed by atoms with Crippen molar-refractivity contribution in [3.05, 3.63) is 33.8 Å². The molecular formula is C18H21Cl2NO3. The Morgan fingerprint density at radius 1 is 1.00 bits per heavy atom. The molecule has 2 fully saturated rings. The van der Waals surface area contributed by atoms with Crippen LogP contribution in [0.3, 0.4) is 0 Å². The van der Waals surface area contributed by atoms with Gasteiger partial charge in [-0.25, -0.2) is 0 Å². The molecule has 1 amide bonds. The van der Waals surface area contributed by atoms with Crippen LogP contribution in [0.25, 0.3) is 0 Å². The quantitative estimate of drug-likeness (QED) is 0.837. The molecule has 0 atom stereocenters. The molecule has 6 heteroatoms. The fourth-order valence-corrected chi connectivity index (χ4v) is 3.75. The van der Waals surface area contributed by atoms with Crippen molar-refractivity contribution in [3.63, 3.8) is 0 Å². The van der Waals surface area contributed by atoms with Gasteiger partial charge >= 0.3 is 5.97 Å². The average Bonchev–Trinajstić information content (AvgIpc) is 3.40. The monoisotopic (exact) mass is 369 g/mol. The number of aliphatic carboxylic acids is 1. The van der Waals surface area contributed by atoms with E-state index in [9.17, 15) is 9.59 Å². The van der Waals surface area contributed by atoms with E-state index >= 15 is 0 Å². The summed E-state index contributed by atoms with van der Waals surface area (Å²) < 4.78 is 0. The van der Waals surface area contributed by atoms with Crippen molar-refractivity contribution < 1.29 is 14.7 Å². The summed E-state index contributed by atoms with van der Waals surface area (Å²) in [5.74, 6) is -0.925. The third-order valence-corrected chi connectivity index (χ3v) is 5.77. The van der Waals surface area contributed by atoms with Crippen LogP contribution in [0.2, 0.25) is 10.0 Å². The summed E-state index contributed by atoms with van der Waals surface area (Å²) in [6.45, 7) is 0.541. The van der Waals surface area contributed by atoms with Crippen molar-refractivity contribution in [1.82, 2.24) is 4.90 Å². The Labute approximate surface area is 151 Å². The minimum absolute atomic E-state index is 0.0519. The fraction of sp³-hybridized carbons (Fsp3) is 0.556. The first-order valence-corrected chi connectivity index (χ1v) is 9.18. The van der Waals surface area contributed by atoms with Gasteiger partial charge in [0, 0.05) is 18.5 Å². The van der Waals surface area contributed by atoms with Crippen LogP contribution in [-0.2, 0) is 16.1 Å². The van der Waals surface area contributed by atoms with E-state index < -0.39 is 5.97 Å². The lowest BCUT2D eigenvalue weighted by Crippen LogP contribution is -2.39. The van der Waals surface area contributed by atoms with Gasteiger partial charge in [0.25, 0.3) is 0 Å². The Balaban J connectivity index is 1.66. The average molecular weight is 370 g/mol. The lowest BCUT2D eigenvalue weighted by atomic mass is 9.81. The highest BCUT2D eigenvalue weighted by Crippen LogP contribution is 2.35. The van der Waals surface area contributed by atoms with Crippen molar-refractivity contribution in [1.29, 1.82) is 0 Å². The molecule has 0 heterocycles. The summed E-state index contributed by atoms with van der Waals surface area (Å²) in [5.41, 5.74) is 0.976. The normalized spacial score (nSPS) is 23.8. The molecule has 3 rings (SSSR count). The second-order valence-corrected chi connectivity index (χ2v) is 7.65. The first-order valence-electron chi connectivity index (χ1n) is 8.43. The minimum Gasteiger partial charge on any atom is -0.481 e. The van der Waals surface area contributed by atoms with Crippen molar-refractivity contribution in [2.24, 2.45) is 11.8 Å². The third kappa shape index (κ3) is 4.04. The molecule has 24 heavy (non-hydrogen) atoms. The largest absolute Gasteiger partial charge is 0.481 e. The van der Waals surface area contributed by atoms with Crippen molar-refractivity contribution in [2.75, 3.05) is 0 Å². The number of carboxylic acid groups (broad SMARTS) is 1. The Kier molecular flexibility index (Phi) is 5.36. The molecule has 0 radical (unpaired) electrons. The molecular weight excluding hydrogens is 349 g/mol. The minimum atomic E-state index is -0.740. The van der Waals surface area contributed by atoms with Crippen LogP contribution < -0.4 is 0 Å². The van der Waals surface area contributed by atoms with E-state index in [1.165, 1.54) is 0 Å². The highest BCUT2D eigenvalue weighted by atomic mass is 35.5. The van der Waals surface area contributed by atoms with Gasteiger partial charge < -0.3 is 10.0 Å². The number of carboxylic acids is 1. The molecule has 0 aromatic heterocycles. The van der Waals surface area contributed by atoms with Gasteiger partial charge in [-0.3, -0.25) is 9.59 Å². The molecule has 0 spiro atoms. The van der Waals surface area contributed by atoms with Gasteiger partial charge in [-0.2, -0.15) is 0 Å². The molecule has 4 nitrogen and oxygen atoms in total. The second kappa shape index (κ2) is 7.32. The maximum atomic E-state index is 12.9. The van der Waals surface area contributed by atoms with Gasteiger partial charge in [0.1, 0.15) is 0 Å². The number of carbonyl (C=O) groups is 2. The second-order valence-electron chi connectivity index (χ2n) is 6.83. The number of halogens is 2. The zero-order valence-corrected chi connectivity index (χ0v) is 14.9. The molecule has 0 bridgehead atoms. The molecule has 2 aliphatic rings. The van der Waals surface area contributed by atoms with E-state index in [0.717, 1.165) is 18.4 Å². The number of carbonyl (C=O) groups excluding carboxylic acids is 1. The zero-order chi connectivity index (χ0) is 17.3. The highest BCUT2D eigenvalue weighted by Gasteiger charge is 2.38. The van der Waals surface area contributed by atoms with E-state index in [-0.39, 0.29) is 17.7 Å². The number of hydrogen-bond acceptors (Lipinski definition) is 2. The Morgan fingerprint density at radius 3 is 2.17 bits per heavy atom. The van der Waals surface area contributed by atoms with Gasteiger partial charge in [-0.1, -0.05) is 29.3 Å². The summed E-state index contributed by atoms with van der Waals surface area (Å²) in [6.07, 6.45) is 4.60. The summed E-state index contributed by atoms with van der Waals surface area (Å²) in [6, 6.07) is 5.78. The molecule has 0 unspecified atom stereocenters. The van der Waals surface area contributed by atoms with Crippen LogP contribution in [-0.4, -0.2) is 27.9 Å². The van der Waals surface area contributed by atoms with Crippen LogP contribution in [0.4, 0.5) is 0 Å². The lowest BCUT2D eigenvalue weighted by molar-refractivity contribution is -0.146. The SMILES string of the molecule is O=C(O)C1CCC(C(=O)N(Cc2ccc(Cl)c(Cl)c2)C2CC2)CC1. The van der Waals surface area contributed by atoms with Gasteiger partial charge in [0.15, 0.2) is 0 Å². The predicted octanol–water partition coefficient (Wildman–Crippen LogP) is 4.38. The third-order valence-electron chi connectivity index (χ3n) is 5.03. The van der Waals surface area contributed by atoms with Crippen molar-refractivity contribution in [3.8, 4) is 0 Å².